The summed E-state index contributed by atoms with van der Waals surface area (Å²) in [6, 6.07) is 0. The van der Waals surface area contributed by atoms with Gasteiger partial charge in [-0.1, -0.05) is 32.6 Å². The summed E-state index contributed by atoms with van der Waals surface area (Å²) in [4.78, 5) is 0. The Morgan fingerprint density at radius 1 is 1.31 bits per heavy atom. The first-order chi connectivity index (χ1) is 6.33. The normalized spacial score (nSPS) is 21.9. The lowest BCUT2D eigenvalue weighted by Gasteiger charge is -2.08. The van der Waals surface area contributed by atoms with Crippen LogP contribution in [0.4, 0.5) is 0 Å². The van der Waals surface area contributed by atoms with Gasteiger partial charge in [-0.3, -0.25) is 0 Å². The molecule has 0 aromatic rings. The van der Waals surface area contributed by atoms with Crippen molar-refractivity contribution in [1.82, 2.24) is 0 Å². The zero-order chi connectivity index (χ0) is 9.52. The molecule has 1 atom stereocenters. The molecule has 1 rings (SSSR count). The molecule has 1 unspecified atom stereocenters. The highest BCUT2D eigenvalue weighted by Crippen LogP contribution is 2.20. The van der Waals surface area contributed by atoms with Crippen LogP contribution in [0.15, 0.2) is 0 Å². The van der Waals surface area contributed by atoms with Crippen molar-refractivity contribution in [1.29, 1.82) is 0 Å². The van der Waals surface area contributed by atoms with Crippen LogP contribution in [0.3, 0.4) is 0 Å². The highest BCUT2D eigenvalue weighted by Gasteiger charge is 2.19. The quantitative estimate of drug-likeness (QED) is 0.476. The molecular formula is C11H20OS. The lowest BCUT2D eigenvalue weighted by molar-refractivity contribution is 0.207. The van der Waals surface area contributed by atoms with Crippen LogP contribution in [0.5, 0.6) is 0 Å². The standard InChI is InChI=1S/C11H20OS/c1-2-3-4-5-6-7-10-8-9-11(13)12-10/h10H,2-9H2,1H3. The van der Waals surface area contributed by atoms with Crippen LogP contribution in [0.1, 0.15) is 58.3 Å². The molecule has 1 aliphatic rings. The summed E-state index contributed by atoms with van der Waals surface area (Å²) in [6.45, 7) is 2.25. The predicted molar refractivity (Wildman–Crippen MR) is 60.1 cm³/mol. The van der Waals surface area contributed by atoms with Gasteiger partial charge in [-0.25, -0.2) is 0 Å². The van der Waals surface area contributed by atoms with Gasteiger partial charge in [0, 0.05) is 6.42 Å². The van der Waals surface area contributed by atoms with Gasteiger partial charge in [0.05, 0.1) is 6.10 Å². The molecule has 76 valence electrons. The van der Waals surface area contributed by atoms with Crippen LogP contribution in [0.25, 0.3) is 0 Å². The molecule has 0 radical (unpaired) electrons. The number of rotatable bonds is 6. The van der Waals surface area contributed by atoms with Crippen LogP contribution in [0, 0.1) is 0 Å². The van der Waals surface area contributed by atoms with Crippen LogP contribution in [-0.4, -0.2) is 11.2 Å². The number of hydrogen-bond donors (Lipinski definition) is 0. The summed E-state index contributed by atoms with van der Waals surface area (Å²) < 4.78 is 5.50. The van der Waals surface area contributed by atoms with E-state index < -0.39 is 0 Å². The molecule has 0 bridgehead atoms. The molecule has 0 aliphatic carbocycles. The summed E-state index contributed by atoms with van der Waals surface area (Å²) in [6.07, 6.45) is 10.6. The minimum Gasteiger partial charge on any atom is -0.484 e. The van der Waals surface area contributed by atoms with Gasteiger partial charge in [-0.05, 0) is 31.5 Å². The third-order valence-corrected chi connectivity index (χ3v) is 2.90. The Morgan fingerprint density at radius 3 is 2.69 bits per heavy atom. The highest BCUT2D eigenvalue weighted by atomic mass is 32.1. The summed E-state index contributed by atoms with van der Waals surface area (Å²) in [5, 5.41) is 0.832. The molecule has 0 aromatic carbocycles. The van der Waals surface area contributed by atoms with E-state index in [2.05, 4.69) is 6.92 Å². The minimum absolute atomic E-state index is 0.453. The molecule has 0 aromatic heterocycles. The van der Waals surface area contributed by atoms with Gasteiger partial charge in [0.15, 0.2) is 5.05 Å². The van der Waals surface area contributed by atoms with E-state index in [0.717, 1.165) is 17.9 Å². The molecule has 1 nitrogen and oxygen atoms in total. The van der Waals surface area contributed by atoms with E-state index >= 15 is 0 Å². The van der Waals surface area contributed by atoms with E-state index in [1.807, 2.05) is 0 Å². The van der Waals surface area contributed by atoms with Gasteiger partial charge >= 0.3 is 0 Å². The first-order valence-corrected chi connectivity index (χ1v) is 5.93. The van der Waals surface area contributed by atoms with Crippen molar-refractivity contribution >= 4 is 17.3 Å². The van der Waals surface area contributed by atoms with Crippen molar-refractivity contribution in [3.05, 3.63) is 0 Å². The Bertz CT molecular complexity index is 156. The summed E-state index contributed by atoms with van der Waals surface area (Å²) in [5.41, 5.74) is 0. The SMILES string of the molecule is CCCCCCCC1CCC(=S)O1. The Hall–Kier alpha value is -0.110. The first-order valence-electron chi connectivity index (χ1n) is 5.52. The average Bonchev–Trinajstić information content (AvgIpc) is 2.51. The molecule has 1 fully saturated rings. The predicted octanol–water partition coefficient (Wildman–Crippen LogP) is 3.85. The Balaban J connectivity index is 1.91. The molecule has 1 saturated heterocycles. The summed E-state index contributed by atoms with van der Waals surface area (Å²) in [7, 11) is 0. The maximum Gasteiger partial charge on any atom is 0.160 e. The molecular weight excluding hydrogens is 180 g/mol. The van der Waals surface area contributed by atoms with Crippen molar-refractivity contribution < 1.29 is 4.74 Å². The Morgan fingerprint density at radius 2 is 2.08 bits per heavy atom. The van der Waals surface area contributed by atoms with E-state index in [1.165, 1.54) is 38.5 Å². The molecule has 0 saturated carbocycles. The van der Waals surface area contributed by atoms with Crippen molar-refractivity contribution in [3.63, 3.8) is 0 Å². The summed E-state index contributed by atoms with van der Waals surface area (Å²) in [5.74, 6) is 0. The molecule has 1 heterocycles. The number of ether oxygens (including phenoxy) is 1. The van der Waals surface area contributed by atoms with E-state index in [1.54, 1.807) is 0 Å². The fourth-order valence-electron chi connectivity index (χ4n) is 1.76. The van der Waals surface area contributed by atoms with Gasteiger partial charge in [0.2, 0.25) is 0 Å². The molecule has 0 amide bonds. The van der Waals surface area contributed by atoms with Crippen LogP contribution >= 0.6 is 12.2 Å². The number of hydrogen-bond acceptors (Lipinski definition) is 2. The van der Waals surface area contributed by atoms with Crippen molar-refractivity contribution in [2.75, 3.05) is 0 Å². The zero-order valence-corrected chi connectivity index (χ0v) is 9.37. The van der Waals surface area contributed by atoms with Crippen molar-refractivity contribution in [3.8, 4) is 0 Å². The number of thiocarbonyl (C=S) groups is 1. The second-order valence-corrected chi connectivity index (χ2v) is 4.31. The average molecular weight is 200 g/mol. The summed E-state index contributed by atoms with van der Waals surface area (Å²) >= 11 is 4.99. The maximum atomic E-state index is 5.50. The molecule has 1 aliphatic heterocycles. The molecule has 0 N–H and O–H groups in total. The third kappa shape index (κ3) is 4.61. The third-order valence-electron chi connectivity index (χ3n) is 2.60. The fourth-order valence-corrected chi connectivity index (χ4v) is 2.02. The van der Waals surface area contributed by atoms with E-state index in [0.29, 0.717) is 6.10 Å². The van der Waals surface area contributed by atoms with Crippen LogP contribution in [-0.2, 0) is 4.74 Å². The lowest BCUT2D eigenvalue weighted by atomic mass is 10.1. The lowest BCUT2D eigenvalue weighted by Crippen LogP contribution is -2.05. The monoisotopic (exact) mass is 200 g/mol. The highest BCUT2D eigenvalue weighted by molar-refractivity contribution is 7.80. The van der Waals surface area contributed by atoms with Gasteiger partial charge < -0.3 is 4.74 Å². The van der Waals surface area contributed by atoms with Crippen LogP contribution < -0.4 is 0 Å². The van der Waals surface area contributed by atoms with Gasteiger partial charge in [-0.2, -0.15) is 0 Å². The second kappa shape index (κ2) is 6.36. The Kier molecular flexibility index (Phi) is 5.37. The maximum absolute atomic E-state index is 5.50. The zero-order valence-electron chi connectivity index (χ0n) is 8.55. The molecule has 2 heteroatoms. The molecule has 0 spiro atoms. The Labute approximate surface area is 86.9 Å². The largest absolute Gasteiger partial charge is 0.484 e. The van der Waals surface area contributed by atoms with Crippen molar-refractivity contribution in [2.24, 2.45) is 0 Å². The van der Waals surface area contributed by atoms with Crippen LogP contribution in [0.2, 0.25) is 0 Å². The van der Waals surface area contributed by atoms with Crippen molar-refractivity contribution in [2.45, 2.75) is 64.4 Å². The van der Waals surface area contributed by atoms with Gasteiger partial charge in [0.25, 0.3) is 0 Å². The smallest absolute Gasteiger partial charge is 0.160 e. The topological polar surface area (TPSA) is 9.23 Å². The fraction of sp³-hybridized carbons (Fsp3) is 0.909. The van der Waals surface area contributed by atoms with E-state index in [-0.39, 0.29) is 0 Å². The second-order valence-electron chi connectivity index (χ2n) is 3.85. The molecule has 13 heavy (non-hydrogen) atoms. The van der Waals surface area contributed by atoms with Gasteiger partial charge in [-0.15, -0.1) is 0 Å². The van der Waals surface area contributed by atoms with Gasteiger partial charge in [0.1, 0.15) is 0 Å². The number of unbranched alkanes of at least 4 members (excludes halogenated alkanes) is 4. The first kappa shape index (κ1) is 11.0. The van der Waals surface area contributed by atoms with E-state index in [9.17, 15) is 0 Å². The minimum atomic E-state index is 0.453. The van der Waals surface area contributed by atoms with E-state index in [4.69, 9.17) is 17.0 Å².